The first-order valence-corrected chi connectivity index (χ1v) is 7.50. The van der Waals surface area contributed by atoms with E-state index in [1.165, 1.54) is 19.5 Å². The summed E-state index contributed by atoms with van der Waals surface area (Å²) in [6.45, 7) is 21.5. The van der Waals surface area contributed by atoms with Crippen LogP contribution in [0, 0.1) is 5.41 Å². The summed E-state index contributed by atoms with van der Waals surface area (Å²) in [5.41, 5.74) is 0.956. The van der Waals surface area contributed by atoms with Gasteiger partial charge in [0.25, 0.3) is 0 Å². The van der Waals surface area contributed by atoms with Crippen molar-refractivity contribution in [3.05, 3.63) is 0 Å². The van der Waals surface area contributed by atoms with Crippen LogP contribution in [0.3, 0.4) is 0 Å². The Morgan fingerprint density at radius 1 is 0.722 bits per heavy atom. The van der Waals surface area contributed by atoms with E-state index in [2.05, 4.69) is 65.2 Å². The summed E-state index contributed by atoms with van der Waals surface area (Å²) in [5.74, 6) is 0. The summed E-state index contributed by atoms with van der Waals surface area (Å²) in [6.07, 6.45) is 1.37. The third-order valence-electron chi connectivity index (χ3n) is 5.52. The Kier molecular flexibility index (Phi) is 3.15. The number of fused-ring (bicyclic) bond motifs is 1. The third kappa shape index (κ3) is 2.22. The number of hydrogen-bond donors (Lipinski definition) is 0. The molecule has 0 N–H and O–H groups in total. The summed E-state index contributed by atoms with van der Waals surface area (Å²) in [5, 5.41) is 0. The predicted molar refractivity (Wildman–Crippen MR) is 78.9 cm³/mol. The van der Waals surface area contributed by atoms with Crippen LogP contribution in [0.4, 0.5) is 0 Å². The van der Waals surface area contributed by atoms with Gasteiger partial charge >= 0.3 is 0 Å². The molecule has 1 saturated heterocycles. The minimum atomic E-state index is 0.288. The van der Waals surface area contributed by atoms with E-state index in [0.29, 0.717) is 11.0 Å². The van der Waals surface area contributed by atoms with Gasteiger partial charge in [-0.05, 0) is 46.5 Å². The Morgan fingerprint density at radius 3 is 1.61 bits per heavy atom. The van der Waals surface area contributed by atoms with Gasteiger partial charge in [0.1, 0.15) is 0 Å². The molecule has 0 bridgehead atoms. The fraction of sp³-hybridized carbons (Fsp3) is 1.00. The highest BCUT2D eigenvalue weighted by Gasteiger charge is 2.56. The van der Waals surface area contributed by atoms with Gasteiger partial charge in [-0.1, -0.05) is 20.8 Å². The summed E-state index contributed by atoms with van der Waals surface area (Å²) < 4.78 is 0. The third-order valence-corrected chi connectivity index (χ3v) is 5.52. The molecule has 0 amide bonds. The van der Waals surface area contributed by atoms with E-state index < -0.39 is 0 Å². The summed E-state index contributed by atoms with van der Waals surface area (Å²) in [4.78, 5) is 5.49. The minimum absolute atomic E-state index is 0.288. The molecular formula is C16H32N2. The fourth-order valence-corrected chi connectivity index (χ4v) is 3.34. The molecule has 106 valence electrons. The van der Waals surface area contributed by atoms with Crippen molar-refractivity contribution in [3.63, 3.8) is 0 Å². The minimum Gasteiger partial charge on any atom is -0.293 e. The lowest BCUT2D eigenvalue weighted by Crippen LogP contribution is -2.61. The van der Waals surface area contributed by atoms with Crippen molar-refractivity contribution >= 4 is 0 Å². The Morgan fingerprint density at radius 2 is 1.17 bits per heavy atom. The van der Waals surface area contributed by atoms with Crippen LogP contribution in [0.2, 0.25) is 0 Å². The second kappa shape index (κ2) is 3.96. The van der Waals surface area contributed by atoms with Gasteiger partial charge in [0.15, 0.2) is 0 Å². The van der Waals surface area contributed by atoms with E-state index in [-0.39, 0.29) is 5.54 Å². The van der Waals surface area contributed by atoms with E-state index >= 15 is 0 Å². The summed E-state index contributed by atoms with van der Waals surface area (Å²) in [7, 11) is 0. The zero-order chi connectivity index (χ0) is 13.9. The van der Waals surface area contributed by atoms with E-state index in [1.807, 2.05) is 0 Å². The van der Waals surface area contributed by atoms with Crippen LogP contribution in [0.25, 0.3) is 0 Å². The van der Waals surface area contributed by atoms with Gasteiger partial charge in [-0.25, -0.2) is 0 Å². The van der Waals surface area contributed by atoms with Gasteiger partial charge in [0.05, 0.1) is 0 Å². The Hall–Kier alpha value is -0.0800. The Bertz CT molecular complexity index is 319. The predicted octanol–water partition coefficient (Wildman–Crippen LogP) is 3.37. The largest absolute Gasteiger partial charge is 0.293 e. The smallest absolute Gasteiger partial charge is 0.0273 e. The van der Waals surface area contributed by atoms with E-state index in [0.717, 1.165) is 12.1 Å². The first kappa shape index (κ1) is 14.3. The normalized spacial score (nSPS) is 31.3. The molecule has 1 aliphatic heterocycles. The average Bonchev–Trinajstić information content (AvgIpc) is 2.90. The highest BCUT2D eigenvalue weighted by atomic mass is 15.4. The zero-order valence-electron chi connectivity index (χ0n) is 13.7. The first-order valence-electron chi connectivity index (χ1n) is 7.50. The standard InChI is InChI=1S/C16H32N2/c1-14(2,3)16(7,8)18-10-9-17(15(4,5)6)12-11-13(12)18/h12-13H,9-11H2,1-8H3/t12-,13+/m0/s1. The molecule has 2 atom stereocenters. The highest BCUT2D eigenvalue weighted by molar-refractivity contribution is 5.13. The van der Waals surface area contributed by atoms with Crippen molar-refractivity contribution in [1.29, 1.82) is 0 Å². The van der Waals surface area contributed by atoms with E-state index in [9.17, 15) is 0 Å². The van der Waals surface area contributed by atoms with Crippen molar-refractivity contribution in [3.8, 4) is 0 Å². The topological polar surface area (TPSA) is 6.48 Å². The van der Waals surface area contributed by atoms with Crippen LogP contribution in [0.1, 0.15) is 61.8 Å². The molecule has 1 aliphatic carbocycles. The Balaban J connectivity index is 2.11. The maximum Gasteiger partial charge on any atom is 0.0273 e. The van der Waals surface area contributed by atoms with Crippen molar-refractivity contribution in [2.45, 2.75) is 85.0 Å². The van der Waals surface area contributed by atoms with Crippen LogP contribution >= 0.6 is 0 Å². The lowest BCUT2D eigenvalue weighted by Gasteiger charge is -2.52. The maximum absolute atomic E-state index is 2.78. The first-order chi connectivity index (χ1) is 7.96. The molecule has 0 spiro atoms. The van der Waals surface area contributed by atoms with Crippen LogP contribution < -0.4 is 0 Å². The lowest BCUT2D eigenvalue weighted by atomic mass is 9.74. The van der Waals surface area contributed by atoms with E-state index in [4.69, 9.17) is 0 Å². The molecule has 2 aliphatic rings. The van der Waals surface area contributed by atoms with Crippen molar-refractivity contribution in [2.24, 2.45) is 5.41 Å². The quantitative estimate of drug-likeness (QED) is 0.706. The molecule has 2 fully saturated rings. The average molecular weight is 252 g/mol. The lowest BCUT2D eigenvalue weighted by molar-refractivity contribution is -0.0344. The van der Waals surface area contributed by atoms with Crippen molar-refractivity contribution < 1.29 is 0 Å². The van der Waals surface area contributed by atoms with Crippen molar-refractivity contribution in [1.82, 2.24) is 9.80 Å². The van der Waals surface area contributed by atoms with Gasteiger partial charge < -0.3 is 0 Å². The monoisotopic (exact) mass is 252 g/mol. The van der Waals surface area contributed by atoms with Crippen LogP contribution in [0.5, 0.6) is 0 Å². The van der Waals surface area contributed by atoms with Crippen LogP contribution in [-0.2, 0) is 0 Å². The van der Waals surface area contributed by atoms with Gasteiger partial charge in [-0.2, -0.15) is 0 Å². The fourth-order valence-electron chi connectivity index (χ4n) is 3.34. The number of hydrogen-bond acceptors (Lipinski definition) is 2. The van der Waals surface area contributed by atoms with Crippen LogP contribution in [0.15, 0.2) is 0 Å². The molecule has 1 saturated carbocycles. The number of rotatable bonds is 1. The van der Waals surface area contributed by atoms with Gasteiger partial charge in [-0.15, -0.1) is 0 Å². The molecule has 2 rings (SSSR count). The van der Waals surface area contributed by atoms with Crippen LogP contribution in [-0.4, -0.2) is 46.1 Å². The maximum atomic E-state index is 2.78. The highest BCUT2D eigenvalue weighted by Crippen LogP contribution is 2.47. The molecule has 0 aromatic heterocycles. The van der Waals surface area contributed by atoms with Gasteiger partial charge in [0.2, 0.25) is 0 Å². The molecule has 2 nitrogen and oxygen atoms in total. The second-order valence-corrected chi connectivity index (χ2v) is 8.74. The molecule has 0 aromatic carbocycles. The second-order valence-electron chi connectivity index (χ2n) is 8.74. The zero-order valence-corrected chi connectivity index (χ0v) is 13.7. The molecule has 0 aromatic rings. The van der Waals surface area contributed by atoms with Gasteiger partial charge in [0, 0.05) is 36.3 Å². The summed E-state index contributed by atoms with van der Waals surface area (Å²) >= 11 is 0. The van der Waals surface area contributed by atoms with Gasteiger partial charge in [-0.3, -0.25) is 9.80 Å². The van der Waals surface area contributed by atoms with Crippen molar-refractivity contribution in [2.75, 3.05) is 13.1 Å². The molecule has 2 heteroatoms. The number of piperazine rings is 1. The molecular weight excluding hydrogens is 220 g/mol. The SMILES string of the molecule is CC(C)(C)N1CCN(C(C)(C)C(C)(C)C)[C@@H]2C[C@@H]21. The molecule has 0 radical (unpaired) electrons. The molecule has 18 heavy (non-hydrogen) atoms. The molecule has 1 heterocycles. The Labute approximate surface area is 114 Å². The summed E-state index contributed by atoms with van der Waals surface area (Å²) in [6, 6.07) is 1.60. The number of nitrogens with zero attached hydrogens (tertiary/aromatic N) is 2. The van der Waals surface area contributed by atoms with E-state index in [1.54, 1.807) is 0 Å². The molecule has 0 unspecified atom stereocenters.